The van der Waals surface area contributed by atoms with Crippen molar-refractivity contribution >= 4 is 11.9 Å². The Labute approximate surface area is 115 Å². The van der Waals surface area contributed by atoms with Crippen molar-refractivity contribution in [2.45, 2.75) is 58.0 Å². The lowest BCUT2D eigenvalue weighted by Gasteiger charge is -2.28. The summed E-state index contributed by atoms with van der Waals surface area (Å²) in [4.78, 5) is 23.9. The molecular formula is C14H26N2O3. The summed E-state index contributed by atoms with van der Waals surface area (Å²) in [5.74, 6) is -0.351. The largest absolute Gasteiger partial charge is 0.467 e. The molecule has 0 aromatic carbocycles. The van der Waals surface area contributed by atoms with Crippen molar-refractivity contribution in [1.82, 2.24) is 5.32 Å². The molecule has 1 fully saturated rings. The van der Waals surface area contributed by atoms with Crippen LogP contribution in [0.4, 0.5) is 0 Å². The number of carbonyl (C=O) groups is 2. The molecule has 0 aliphatic heterocycles. The van der Waals surface area contributed by atoms with E-state index in [1.807, 2.05) is 13.8 Å². The molecule has 2 atom stereocenters. The summed E-state index contributed by atoms with van der Waals surface area (Å²) in [7, 11) is 1.35. The van der Waals surface area contributed by atoms with Crippen molar-refractivity contribution in [1.29, 1.82) is 0 Å². The van der Waals surface area contributed by atoms with Gasteiger partial charge in [0.15, 0.2) is 0 Å². The number of rotatable bonds is 5. The van der Waals surface area contributed by atoms with Crippen molar-refractivity contribution in [2.24, 2.45) is 17.6 Å². The Morgan fingerprint density at radius 1 is 1.32 bits per heavy atom. The first-order valence-corrected chi connectivity index (χ1v) is 7.13. The van der Waals surface area contributed by atoms with E-state index < -0.39 is 6.04 Å². The minimum atomic E-state index is -0.543. The van der Waals surface area contributed by atoms with Crippen LogP contribution in [-0.2, 0) is 14.3 Å². The lowest BCUT2D eigenvalue weighted by atomic mass is 9.85. The number of nitrogens with one attached hydrogen (secondary N) is 1. The fourth-order valence-corrected chi connectivity index (χ4v) is 2.45. The van der Waals surface area contributed by atoms with Crippen LogP contribution < -0.4 is 11.1 Å². The van der Waals surface area contributed by atoms with E-state index in [1.165, 1.54) is 7.11 Å². The van der Waals surface area contributed by atoms with E-state index in [2.05, 4.69) is 5.32 Å². The van der Waals surface area contributed by atoms with E-state index in [0.29, 0.717) is 0 Å². The molecule has 110 valence electrons. The van der Waals surface area contributed by atoms with Crippen molar-refractivity contribution in [3.63, 3.8) is 0 Å². The fourth-order valence-electron chi connectivity index (χ4n) is 2.45. The summed E-state index contributed by atoms with van der Waals surface area (Å²) < 4.78 is 4.77. The Morgan fingerprint density at radius 3 is 2.37 bits per heavy atom. The quantitative estimate of drug-likeness (QED) is 0.736. The minimum Gasteiger partial charge on any atom is -0.467 e. The molecule has 1 saturated carbocycles. The highest BCUT2D eigenvalue weighted by atomic mass is 16.5. The van der Waals surface area contributed by atoms with E-state index in [-0.39, 0.29) is 29.8 Å². The molecule has 5 heteroatoms. The molecule has 0 spiro atoms. The van der Waals surface area contributed by atoms with Crippen molar-refractivity contribution in [2.75, 3.05) is 7.11 Å². The summed E-state index contributed by atoms with van der Waals surface area (Å²) in [6, 6.07) is -0.326. The van der Waals surface area contributed by atoms with Crippen LogP contribution in [0.25, 0.3) is 0 Å². The monoisotopic (exact) mass is 270 g/mol. The Hall–Kier alpha value is -1.10. The first-order valence-electron chi connectivity index (χ1n) is 7.13. The van der Waals surface area contributed by atoms with Crippen LogP contribution >= 0.6 is 0 Å². The number of amides is 1. The van der Waals surface area contributed by atoms with Crippen LogP contribution in [0.5, 0.6) is 0 Å². The third-order valence-electron chi connectivity index (χ3n) is 4.11. The molecule has 0 bridgehead atoms. The molecule has 1 amide bonds. The number of hydrogen-bond acceptors (Lipinski definition) is 4. The maximum Gasteiger partial charge on any atom is 0.328 e. The topological polar surface area (TPSA) is 81.4 Å². The van der Waals surface area contributed by atoms with Gasteiger partial charge in [0.25, 0.3) is 0 Å². The molecule has 0 radical (unpaired) electrons. The molecule has 0 saturated heterocycles. The van der Waals surface area contributed by atoms with Gasteiger partial charge in [-0.3, -0.25) is 4.79 Å². The first kappa shape index (κ1) is 16.0. The van der Waals surface area contributed by atoms with Crippen LogP contribution in [0.15, 0.2) is 0 Å². The van der Waals surface area contributed by atoms with Crippen LogP contribution in [0.1, 0.15) is 46.0 Å². The number of ether oxygens (including phenoxy) is 1. The Balaban J connectivity index is 2.58. The van der Waals surface area contributed by atoms with Gasteiger partial charge < -0.3 is 15.8 Å². The number of nitrogens with two attached hydrogens (primary N) is 1. The molecule has 0 aromatic rings. The SMILES string of the molecule is CCC(C)C(NC(=O)C1CCC(N)CC1)C(=O)OC. The molecule has 0 heterocycles. The van der Waals surface area contributed by atoms with Gasteiger partial charge in [-0.15, -0.1) is 0 Å². The van der Waals surface area contributed by atoms with Gasteiger partial charge in [-0.25, -0.2) is 4.79 Å². The van der Waals surface area contributed by atoms with Crippen molar-refractivity contribution in [3.05, 3.63) is 0 Å². The van der Waals surface area contributed by atoms with Crippen LogP contribution in [-0.4, -0.2) is 31.1 Å². The lowest BCUT2D eigenvalue weighted by Crippen LogP contribution is -2.48. The van der Waals surface area contributed by atoms with Gasteiger partial charge >= 0.3 is 5.97 Å². The molecule has 19 heavy (non-hydrogen) atoms. The summed E-state index contributed by atoms with van der Waals surface area (Å²) in [5, 5.41) is 2.85. The van der Waals surface area contributed by atoms with Crippen LogP contribution in [0.2, 0.25) is 0 Å². The lowest BCUT2D eigenvalue weighted by molar-refractivity contribution is -0.147. The highest BCUT2D eigenvalue weighted by Gasteiger charge is 2.31. The molecular weight excluding hydrogens is 244 g/mol. The van der Waals surface area contributed by atoms with E-state index in [1.54, 1.807) is 0 Å². The Kier molecular flexibility index (Phi) is 6.28. The van der Waals surface area contributed by atoms with Gasteiger partial charge in [-0.05, 0) is 31.6 Å². The average molecular weight is 270 g/mol. The van der Waals surface area contributed by atoms with E-state index in [4.69, 9.17) is 10.5 Å². The van der Waals surface area contributed by atoms with Gasteiger partial charge in [-0.2, -0.15) is 0 Å². The highest BCUT2D eigenvalue weighted by molar-refractivity contribution is 5.85. The molecule has 1 aliphatic carbocycles. The smallest absolute Gasteiger partial charge is 0.328 e. The number of methoxy groups -OCH3 is 1. The highest BCUT2D eigenvalue weighted by Crippen LogP contribution is 2.23. The third-order valence-corrected chi connectivity index (χ3v) is 4.11. The number of carbonyl (C=O) groups excluding carboxylic acids is 2. The minimum absolute atomic E-state index is 0.0176. The zero-order chi connectivity index (χ0) is 14.4. The van der Waals surface area contributed by atoms with E-state index in [0.717, 1.165) is 32.1 Å². The summed E-state index contributed by atoms with van der Waals surface area (Å²) in [6.45, 7) is 3.94. The summed E-state index contributed by atoms with van der Waals surface area (Å²) in [6.07, 6.45) is 4.19. The first-order chi connectivity index (χ1) is 8.99. The van der Waals surface area contributed by atoms with Crippen LogP contribution in [0, 0.1) is 11.8 Å². The van der Waals surface area contributed by atoms with Crippen molar-refractivity contribution in [3.8, 4) is 0 Å². The standard InChI is InChI=1S/C14H26N2O3/c1-4-9(2)12(14(18)19-3)16-13(17)10-5-7-11(15)8-6-10/h9-12H,4-8,15H2,1-3H3,(H,16,17). The zero-order valence-electron chi connectivity index (χ0n) is 12.1. The van der Waals surface area contributed by atoms with Gasteiger partial charge in [-0.1, -0.05) is 20.3 Å². The summed E-state index contributed by atoms with van der Waals surface area (Å²) >= 11 is 0. The van der Waals surface area contributed by atoms with Gasteiger partial charge in [0.05, 0.1) is 7.11 Å². The van der Waals surface area contributed by atoms with E-state index >= 15 is 0 Å². The molecule has 3 N–H and O–H groups in total. The molecule has 1 rings (SSSR count). The molecule has 0 aromatic heterocycles. The second kappa shape index (κ2) is 7.48. The second-order valence-electron chi connectivity index (χ2n) is 5.51. The van der Waals surface area contributed by atoms with E-state index in [9.17, 15) is 9.59 Å². The Morgan fingerprint density at radius 2 is 1.89 bits per heavy atom. The third kappa shape index (κ3) is 4.49. The summed E-state index contributed by atoms with van der Waals surface area (Å²) in [5.41, 5.74) is 5.83. The molecule has 5 nitrogen and oxygen atoms in total. The second-order valence-corrected chi connectivity index (χ2v) is 5.51. The van der Waals surface area contributed by atoms with Gasteiger partial charge in [0, 0.05) is 12.0 Å². The fraction of sp³-hybridized carbons (Fsp3) is 0.857. The number of esters is 1. The predicted molar refractivity (Wildman–Crippen MR) is 73.3 cm³/mol. The maximum atomic E-state index is 12.2. The normalized spacial score (nSPS) is 26.3. The van der Waals surface area contributed by atoms with Gasteiger partial charge in [0.2, 0.25) is 5.91 Å². The van der Waals surface area contributed by atoms with Crippen LogP contribution in [0.3, 0.4) is 0 Å². The maximum absolute atomic E-state index is 12.2. The average Bonchev–Trinajstić information content (AvgIpc) is 2.43. The zero-order valence-corrected chi connectivity index (χ0v) is 12.1. The van der Waals surface area contributed by atoms with Crippen molar-refractivity contribution < 1.29 is 14.3 Å². The predicted octanol–water partition coefficient (Wildman–Crippen LogP) is 1.21. The Bertz CT molecular complexity index is 312. The molecule has 1 aliphatic rings. The van der Waals surface area contributed by atoms with Gasteiger partial charge in [0.1, 0.15) is 6.04 Å². The molecule has 2 unspecified atom stereocenters. The number of hydrogen-bond donors (Lipinski definition) is 2.